The minimum Gasteiger partial charge on any atom is -0.467 e. The van der Waals surface area contributed by atoms with Gasteiger partial charge in [0.1, 0.15) is 0 Å². The van der Waals surface area contributed by atoms with Crippen molar-refractivity contribution < 1.29 is 22.7 Å². The van der Waals surface area contributed by atoms with Gasteiger partial charge in [0, 0.05) is 24.4 Å². The van der Waals surface area contributed by atoms with Gasteiger partial charge in [0.2, 0.25) is 5.88 Å². The maximum Gasteiger partial charge on any atom is 0.435 e. The van der Waals surface area contributed by atoms with E-state index < -0.39 is 24.4 Å². The molecule has 34 heavy (non-hydrogen) atoms. The number of ether oxygens (including phenoxy) is 1. The lowest BCUT2D eigenvalue weighted by atomic mass is 10.2. The molecule has 0 atom stereocenters. The van der Waals surface area contributed by atoms with Gasteiger partial charge in [-0.05, 0) is 17.7 Å². The quantitative estimate of drug-likeness (QED) is 0.396. The molecule has 0 bridgehead atoms. The summed E-state index contributed by atoms with van der Waals surface area (Å²) in [4.78, 5) is 12.3. The Morgan fingerprint density at radius 1 is 1.06 bits per heavy atom. The number of aromatic nitrogens is 4. The van der Waals surface area contributed by atoms with Gasteiger partial charge in [0.15, 0.2) is 12.3 Å². The van der Waals surface area contributed by atoms with E-state index in [0.29, 0.717) is 6.54 Å². The van der Waals surface area contributed by atoms with Crippen LogP contribution in [-0.2, 0) is 24.1 Å². The molecule has 11 heteroatoms. The van der Waals surface area contributed by atoms with Crippen LogP contribution in [-0.4, -0.2) is 32.1 Å². The van der Waals surface area contributed by atoms with Gasteiger partial charge in [-0.25, -0.2) is 0 Å². The third-order valence-corrected chi connectivity index (χ3v) is 5.08. The molecule has 1 N–H and O–H groups in total. The van der Waals surface area contributed by atoms with E-state index in [1.54, 1.807) is 29.2 Å². The molecule has 2 heterocycles. The van der Waals surface area contributed by atoms with Crippen LogP contribution in [0.2, 0.25) is 5.02 Å². The fourth-order valence-electron chi connectivity index (χ4n) is 3.15. The van der Waals surface area contributed by atoms with Crippen LogP contribution in [0, 0.1) is 0 Å². The lowest BCUT2D eigenvalue weighted by Gasteiger charge is -2.10. The highest BCUT2D eigenvalue weighted by Gasteiger charge is 2.36. The molecule has 1 amide bonds. The van der Waals surface area contributed by atoms with E-state index in [0.717, 1.165) is 21.9 Å². The molecule has 0 saturated carbocycles. The molecule has 0 radical (unpaired) electrons. The average molecular weight is 490 g/mol. The number of hydrogen-bond acceptors (Lipinski definition) is 4. The Labute approximate surface area is 197 Å². The molecule has 0 aliphatic rings. The Balaban J connectivity index is 1.38. The highest BCUT2D eigenvalue weighted by molar-refractivity contribution is 6.32. The summed E-state index contributed by atoms with van der Waals surface area (Å²) in [6, 6.07) is 16.8. The highest BCUT2D eigenvalue weighted by Crippen LogP contribution is 2.33. The number of nitrogens with zero attached hydrogens (tertiary/aromatic N) is 4. The standard InChI is InChI=1S/C23H19ClF3N5O2/c24-18-8-4-5-9-19(18)32-22(10-20(30-32)23(25,26)27)34-15-21(33)28-11-17-12-29-31(14-17)13-16-6-2-1-3-7-16/h1-10,12,14H,11,13,15H2,(H,28,33). The average Bonchev–Trinajstić information content (AvgIpc) is 3.44. The van der Waals surface area contributed by atoms with E-state index in [2.05, 4.69) is 15.5 Å². The van der Waals surface area contributed by atoms with Gasteiger partial charge in [-0.2, -0.15) is 28.1 Å². The third kappa shape index (κ3) is 5.76. The van der Waals surface area contributed by atoms with Crippen LogP contribution in [0.4, 0.5) is 13.2 Å². The van der Waals surface area contributed by atoms with Crippen molar-refractivity contribution in [1.82, 2.24) is 24.9 Å². The number of para-hydroxylation sites is 1. The van der Waals surface area contributed by atoms with Crippen molar-refractivity contribution in [2.45, 2.75) is 19.3 Å². The molecule has 2 aromatic carbocycles. The Bertz CT molecular complexity index is 1270. The lowest BCUT2D eigenvalue weighted by Crippen LogP contribution is -2.28. The number of hydrogen-bond donors (Lipinski definition) is 1. The molecule has 2 aromatic heterocycles. The monoisotopic (exact) mass is 489 g/mol. The maximum atomic E-state index is 13.2. The Morgan fingerprint density at radius 2 is 1.79 bits per heavy atom. The van der Waals surface area contributed by atoms with E-state index in [9.17, 15) is 18.0 Å². The predicted octanol–water partition coefficient (Wildman–Crippen LogP) is 4.48. The molecule has 0 spiro atoms. The van der Waals surface area contributed by atoms with Crippen molar-refractivity contribution >= 4 is 17.5 Å². The van der Waals surface area contributed by atoms with Crippen molar-refractivity contribution in [3.05, 3.63) is 94.9 Å². The molecule has 7 nitrogen and oxygen atoms in total. The zero-order chi connectivity index (χ0) is 24.1. The van der Waals surface area contributed by atoms with Crippen molar-refractivity contribution in [2.24, 2.45) is 0 Å². The topological polar surface area (TPSA) is 74.0 Å². The lowest BCUT2D eigenvalue weighted by molar-refractivity contribution is -0.141. The fraction of sp³-hybridized carbons (Fsp3) is 0.174. The Kier molecular flexibility index (Phi) is 6.87. The zero-order valence-electron chi connectivity index (χ0n) is 17.7. The second-order valence-electron chi connectivity index (χ2n) is 7.33. The molecule has 0 saturated heterocycles. The van der Waals surface area contributed by atoms with Crippen molar-refractivity contribution in [2.75, 3.05) is 6.61 Å². The molecule has 4 aromatic rings. The normalized spacial score (nSPS) is 11.4. The first-order valence-electron chi connectivity index (χ1n) is 10.2. The van der Waals surface area contributed by atoms with E-state index in [4.69, 9.17) is 16.3 Å². The SMILES string of the molecule is O=C(COc1cc(C(F)(F)F)nn1-c1ccccc1Cl)NCc1cnn(Cc2ccccc2)c1. The second kappa shape index (κ2) is 10.0. The molecular formula is C23H19ClF3N5O2. The number of amides is 1. The van der Waals surface area contributed by atoms with Gasteiger partial charge in [0.05, 0.1) is 23.5 Å². The highest BCUT2D eigenvalue weighted by atomic mass is 35.5. The van der Waals surface area contributed by atoms with Gasteiger partial charge < -0.3 is 10.1 Å². The van der Waals surface area contributed by atoms with Crippen molar-refractivity contribution in [1.29, 1.82) is 0 Å². The van der Waals surface area contributed by atoms with E-state index in [1.807, 2.05) is 30.3 Å². The van der Waals surface area contributed by atoms with Crippen LogP contribution in [0.15, 0.2) is 73.1 Å². The summed E-state index contributed by atoms with van der Waals surface area (Å²) in [5.74, 6) is -0.775. The van der Waals surface area contributed by atoms with Crippen LogP contribution < -0.4 is 10.1 Å². The molecular weight excluding hydrogens is 471 g/mol. The van der Waals surface area contributed by atoms with E-state index in [1.165, 1.54) is 12.1 Å². The van der Waals surface area contributed by atoms with Gasteiger partial charge >= 0.3 is 6.18 Å². The summed E-state index contributed by atoms with van der Waals surface area (Å²) < 4.78 is 47.6. The summed E-state index contributed by atoms with van der Waals surface area (Å²) in [7, 11) is 0. The van der Waals surface area contributed by atoms with Crippen LogP contribution in [0.5, 0.6) is 5.88 Å². The molecule has 0 aliphatic carbocycles. The smallest absolute Gasteiger partial charge is 0.435 e. The largest absolute Gasteiger partial charge is 0.467 e. The summed E-state index contributed by atoms with van der Waals surface area (Å²) in [5, 5.41) is 10.7. The van der Waals surface area contributed by atoms with Gasteiger partial charge in [-0.3, -0.25) is 9.48 Å². The number of carbonyl (C=O) groups is 1. The van der Waals surface area contributed by atoms with Crippen LogP contribution in [0.25, 0.3) is 5.69 Å². The molecule has 4 rings (SSSR count). The minimum absolute atomic E-state index is 0.182. The number of carbonyl (C=O) groups excluding carboxylic acids is 1. The van der Waals surface area contributed by atoms with Crippen molar-refractivity contribution in [3.8, 4) is 11.6 Å². The molecule has 0 aliphatic heterocycles. The first-order valence-corrected chi connectivity index (χ1v) is 10.5. The van der Waals surface area contributed by atoms with Crippen molar-refractivity contribution in [3.63, 3.8) is 0 Å². The summed E-state index contributed by atoms with van der Waals surface area (Å²) in [6.45, 7) is 0.269. The fourth-order valence-corrected chi connectivity index (χ4v) is 3.36. The first kappa shape index (κ1) is 23.4. The van der Waals surface area contributed by atoms with Gasteiger partial charge in [-0.1, -0.05) is 54.1 Å². The van der Waals surface area contributed by atoms with Crippen LogP contribution in [0.1, 0.15) is 16.8 Å². The van der Waals surface area contributed by atoms with Crippen LogP contribution >= 0.6 is 11.6 Å². The van der Waals surface area contributed by atoms with Gasteiger partial charge in [-0.15, -0.1) is 0 Å². The summed E-state index contributed by atoms with van der Waals surface area (Å²) >= 11 is 6.10. The number of halogens is 4. The van der Waals surface area contributed by atoms with E-state index >= 15 is 0 Å². The number of nitrogens with one attached hydrogen (secondary N) is 1. The number of rotatable bonds is 8. The predicted molar refractivity (Wildman–Crippen MR) is 119 cm³/mol. The number of benzene rings is 2. The van der Waals surface area contributed by atoms with E-state index in [-0.39, 0.29) is 23.1 Å². The minimum atomic E-state index is -4.69. The van der Waals surface area contributed by atoms with Crippen LogP contribution in [0.3, 0.4) is 0 Å². The first-order chi connectivity index (χ1) is 16.3. The maximum absolute atomic E-state index is 13.2. The Morgan fingerprint density at radius 3 is 2.53 bits per heavy atom. The number of alkyl halides is 3. The Hall–Kier alpha value is -3.79. The molecule has 0 unspecified atom stereocenters. The van der Waals surface area contributed by atoms with Gasteiger partial charge in [0.25, 0.3) is 5.91 Å². The molecule has 0 fully saturated rings. The second-order valence-corrected chi connectivity index (χ2v) is 7.73. The third-order valence-electron chi connectivity index (χ3n) is 4.76. The zero-order valence-corrected chi connectivity index (χ0v) is 18.4. The summed E-state index contributed by atoms with van der Waals surface area (Å²) in [6.07, 6.45) is -1.25. The summed E-state index contributed by atoms with van der Waals surface area (Å²) in [5.41, 5.74) is 0.891. The molecule has 176 valence electrons.